The largest absolute Gasteiger partial charge is 0.521 e. The molecule has 1 saturated heterocycles. The van der Waals surface area contributed by atoms with Crippen molar-refractivity contribution in [2.24, 2.45) is 0 Å². The van der Waals surface area contributed by atoms with Gasteiger partial charge in [0.05, 0.1) is 0 Å². The predicted octanol–water partition coefficient (Wildman–Crippen LogP) is 2.94. The number of carbonyl (C=O) groups is 1. The van der Waals surface area contributed by atoms with Crippen LogP contribution in [-0.4, -0.2) is 54.7 Å². The number of hydrogen-bond acceptors (Lipinski definition) is 3. The summed E-state index contributed by atoms with van der Waals surface area (Å²) in [5.41, 5.74) is -6.00. The van der Waals surface area contributed by atoms with E-state index in [0.717, 1.165) is 0 Å². The highest BCUT2D eigenvalue weighted by Gasteiger charge is 2.64. The van der Waals surface area contributed by atoms with Gasteiger partial charge in [-0.2, -0.15) is 34.8 Å². The van der Waals surface area contributed by atoms with E-state index in [-0.39, 0.29) is 38.9 Å². The number of piperidine rings is 1. The first kappa shape index (κ1) is 21.0. The number of halogens is 6. The monoisotopic (exact) mass is 385 g/mol. The number of rotatable bonds is 5. The second-order valence-electron chi connectivity index (χ2n) is 5.68. The number of carbonyl (C=O) groups excluding carboxylic acids is 1. The molecule has 1 rings (SSSR count). The van der Waals surface area contributed by atoms with Crippen LogP contribution in [-0.2, 0) is 14.8 Å². The van der Waals surface area contributed by atoms with E-state index in [0.29, 0.717) is 12.8 Å². The minimum absolute atomic E-state index is 0.189. The summed E-state index contributed by atoms with van der Waals surface area (Å²) < 4.78 is 98.7. The van der Waals surface area contributed by atoms with Crippen molar-refractivity contribution in [2.75, 3.05) is 19.6 Å². The second-order valence-corrected chi connectivity index (χ2v) is 7.44. The molecule has 0 aromatic rings. The zero-order valence-corrected chi connectivity index (χ0v) is 13.8. The molecular formula is C12H19F6N2O3S+. The molecule has 0 aliphatic carbocycles. The first-order valence-corrected chi connectivity index (χ1v) is 8.83. The quantitative estimate of drug-likeness (QED) is 0.540. The Kier molecular flexibility index (Phi) is 6.18. The maximum absolute atomic E-state index is 12.9. The highest BCUT2D eigenvalue weighted by atomic mass is 32.2. The smallest absolute Gasteiger partial charge is 0.258 e. The van der Waals surface area contributed by atoms with Crippen LogP contribution < -0.4 is 0 Å². The Morgan fingerprint density at radius 1 is 1.04 bits per heavy atom. The average Bonchev–Trinajstić information content (AvgIpc) is 2.44. The Bertz CT molecular complexity index is 552. The zero-order valence-electron chi connectivity index (χ0n) is 13.0. The van der Waals surface area contributed by atoms with Crippen LogP contribution in [0.15, 0.2) is 0 Å². The Morgan fingerprint density at radius 3 is 1.92 bits per heavy atom. The van der Waals surface area contributed by atoms with Crippen molar-refractivity contribution in [3.8, 4) is 0 Å². The number of hydrogen-bond donors (Lipinski definition) is 0. The molecule has 1 fully saturated rings. The van der Waals surface area contributed by atoms with E-state index in [1.54, 1.807) is 6.92 Å². The van der Waals surface area contributed by atoms with Crippen molar-refractivity contribution in [2.45, 2.75) is 50.7 Å². The van der Waals surface area contributed by atoms with E-state index in [1.807, 2.05) is 0 Å². The summed E-state index contributed by atoms with van der Waals surface area (Å²) in [6, 6.07) is 0. The summed E-state index contributed by atoms with van der Waals surface area (Å²) >= 11 is 0. The summed E-state index contributed by atoms with van der Waals surface area (Å²) in [4.78, 5) is 11.6. The maximum atomic E-state index is 12.9. The summed E-state index contributed by atoms with van der Waals surface area (Å²) in [7, 11) is -6.47. The first-order chi connectivity index (χ1) is 10.8. The van der Waals surface area contributed by atoms with Crippen LogP contribution in [0.1, 0.15) is 39.0 Å². The standard InChI is InChI=1S/C12H19F6N2O3S/c1-2-3-7-20(8-5-4-6-9-20)19(10(21)11(13,14)15)24(22,23)12(16,17)18/h2-9H2,1H3/q+1. The van der Waals surface area contributed by atoms with Crippen molar-refractivity contribution in [3.05, 3.63) is 0 Å². The molecular weight excluding hydrogens is 366 g/mol. The van der Waals surface area contributed by atoms with Gasteiger partial charge in [0.2, 0.25) is 0 Å². The molecule has 0 unspecified atom stereocenters. The molecule has 0 N–H and O–H groups in total. The van der Waals surface area contributed by atoms with Gasteiger partial charge in [-0.05, 0) is 25.7 Å². The molecule has 0 radical (unpaired) electrons. The zero-order chi connectivity index (χ0) is 18.8. The number of alkyl halides is 6. The summed E-state index contributed by atoms with van der Waals surface area (Å²) in [5.74, 6) is -3.00. The van der Waals surface area contributed by atoms with Gasteiger partial charge in [-0.25, -0.2) is 4.59 Å². The molecule has 0 saturated carbocycles. The lowest BCUT2D eigenvalue weighted by molar-refractivity contribution is -1.01. The lowest BCUT2D eigenvalue weighted by Gasteiger charge is -2.46. The fourth-order valence-electron chi connectivity index (χ4n) is 2.79. The molecule has 24 heavy (non-hydrogen) atoms. The minimum atomic E-state index is -6.47. The highest BCUT2D eigenvalue weighted by Crippen LogP contribution is 2.37. The Morgan fingerprint density at radius 2 is 1.54 bits per heavy atom. The molecule has 0 atom stereocenters. The minimum Gasteiger partial charge on any atom is -0.258 e. The van der Waals surface area contributed by atoms with Crippen LogP contribution in [0.4, 0.5) is 26.3 Å². The summed E-state index contributed by atoms with van der Waals surface area (Å²) in [6.45, 7) is 0.844. The molecule has 1 aliphatic heterocycles. The van der Waals surface area contributed by atoms with Gasteiger partial charge in [0.15, 0.2) is 0 Å². The normalized spacial score (nSPS) is 19.1. The number of unbranched alkanes of at least 4 members (excludes halogenated alkanes) is 1. The Balaban J connectivity index is 3.51. The molecule has 1 heterocycles. The van der Waals surface area contributed by atoms with Crippen LogP contribution in [0.2, 0.25) is 0 Å². The predicted molar refractivity (Wildman–Crippen MR) is 71.5 cm³/mol. The Hall–Kier alpha value is -1.04. The summed E-state index contributed by atoms with van der Waals surface area (Å²) in [5, 5.41) is 0. The van der Waals surface area contributed by atoms with Crippen molar-refractivity contribution in [3.63, 3.8) is 0 Å². The average molecular weight is 385 g/mol. The fourth-order valence-corrected chi connectivity index (χ4v) is 4.00. The molecule has 0 aromatic carbocycles. The van der Waals surface area contributed by atoms with Gasteiger partial charge in [-0.1, -0.05) is 17.8 Å². The van der Waals surface area contributed by atoms with Crippen LogP contribution in [0.3, 0.4) is 0 Å². The van der Waals surface area contributed by atoms with Gasteiger partial charge in [-0.3, -0.25) is 4.79 Å². The van der Waals surface area contributed by atoms with Crippen LogP contribution >= 0.6 is 0 Å². The summed E-state index contributed by atoms with van der Waals surface area (Å²) in [6.07, 6.45) is -4.09. The number of sulfonamides is 1. The third-order valence-electron chi connectivity index (χ3n) is 3.90. The third-order valence-corrected chi connectivity index (χ3v) is 5.45. The van der Waals surface area contributed by atoms with Crippen LogP contribution in [0.25, 0.3) is 0 Å². The fraction of sp³-hybridized carbons (Fsp3) is 0.917. The van der Waals surface area contributed by atoms with E-state index in [1.165, 1.54) is 0 Å². The lowest BCUT2D eigenvalue weighted by atomic mass is 10.1. The molecule has 1 aliphatic rings. The van der Waals surface area contributed by atoms with Gasteiger partial charge in [0.1, 0.15) is 19.6 Å². The van der Waals surface area contributed by atoms with E-state index in [2.05, 4.69) is 0 Å². The van der Waals surface area contributed by atoms with Crippen LogP contribution in [0.5, 0.6) is 0 Å². The second kappa shape index (κ2) is 7.06. The van der Waals surface area contributed by atoms with Gasteiger partial charge < -0.3 is 0 Å². The number of amides is 1. The third kappa shape index (κ3) is 4.13. The van der Waals surface area contributed by atoms with Gasteiger partial charge in [0, 0.05) is 0 Å². The van der Waals surface area contributed by atoms with Gasteiger partial charge in [-0.15, -0.1) is 0 Å². The topological polar surface area (TPSA) is 54.5 Å². The van der Waals surface area contributed by atoms with E-state index in [9.17, 15) is 39.6 Å². The number of nitrogens with zero attached hydrogens (tertiary/aromatic N) is 2. The van der Waals surface area contributed by atoms with E-state index >= 15 is 0 Å². The molecule has 0 aromatic heterocycles. The van der Waals surface area contributed by atoms with Crippen LogP contribution in [0, 0.1) is 0 Å². The van der Waals surface area contributed by atoms with E-state index in [4.69, 9.17) is 0 Å². The van der Waals surface area contributed by atoms with Crippen molar-refractivity contribution < 1.29 is 44.1 Å². The van der Waals surface area contributed by atoms with Crippen molar-refractivity contribution in [1.82, 2.24) is 4.41 Å². The molecule has 0 spiro atoms. The molecule has 12 heteroatoms. The Labute approximate surface area is 135 Å². The highest BCUT2D eigenvalue weighted by molar-refractivity contribution is 7.90. The first-order valence-electron chi connectivity index (χ1n) is 7.39. The maximum Gasteiger partial charge on any atom is 0.521 e. The molecule has 0 bridgehead atoms. The van der Waals surface area contributed by atoms with Crippen molar-refractivity contribution >= 4 is 15.9 Å². The molecule has 5 nitrogen and oxygen atoms in total. The lowest BCUT2D eigenvalue weighted by Crippen LogP contribution is -2.70. The molecule has 142 valence electrons. The van der Waals surface area contributed by atoms with Gasteiger partial charge >= 0.3 is 27.6 Å². The molecule has 1 amide bonds. The van der Waals surface area contributed by atoms with Crippen molar-refractivity contribution in [1.29, 1.82) is 0 Å². The van der Waals surface area contributed by atoms with Gasteiger partial charge in [0.25, 0.3) is 0 Å². The number of quaternary nitrogens is 1. The number of likely N-dealkylation sites (tertiary alicyclic amines) is 1. The van der Waals surface area contributed by atoms with E-state index < -0.39 is 36.6 Å². The SMILES string of the molecule is CCCC[N+]1(N(C(=O)C(F)(F)F)S(=O)(=O)C(F)(F)F)CCCCC1.